The molecule has 5 nitrogen and oxygen atoms in total. The number of aromatic carboxylic acids is 1. The zero-order chi connectivity index (χ0) is 15.6. The van der Waals surface area contributed by atoms with Gasteiger partial charge in [0.05, 0.1) is 16.8 Å². The van der Waals surface area contributed by atoms with Gasteiger partial charge >= 0.3 is 5.97 Å². The Labute approximate surface area is 120 Å². The van der Waals surface area contributed by atoms with Gasteiger partial charge in [0.25, 0.3) is 5.91 Å². The number of nitrogen functional groups attached to an aromatic ring is 1. The number of anilines is 2. The molecule has 0 heterocycles. The summed E-state index contributed by atoms with van der Waals surface area (Å²) in [5, 5.41) is 11.5. The zero-order valence-corrected chi connectivity index (χ0v) is 11.2. The van der Waals surface area contributed by atoms with Crippen LogP contribution in [0.1, 0.15) is 26.3 Å². The minimum absolute atomic E-state index is 0.0580. The number of benzene rings is 2. The van der Waals surface area contributed by atoms with E-state index in [-0.39, 0.29) is 22.5 Å². The van der Waals surface area contributed by atoms with Crippen LogP contribution in [0.15, 0.2) is 36.4 Å². The van der Waals surface area contributed by atoms with Crippen molar-refractivity contribution in [3.63, 3.8) is 0 Å². The van der Waals surface area contributed by atoms with E-state index in [0.29, 0.717) is 5.56 Å². The first-order chi connectivity index (χ1) is 9.90. The third kappa shape index (κ3) is 3.00. The Morgan fingerprint density at radius 2 is 1.90 bits per heavy atom. The van der Waals surface area contributed by atoms with E-state index in [1.165, 1.54) is 37.3 Å². The second-order valence-electron chi connectivity index (χ2n) is 4.50. The number of nitrogens with two attached hydrogens (primary N) is 1. The van der Waals surface area contributed by atoms with Crippen LogP contribution in [0.4, 0.5) is 15.8 Å². The number of rotatable bonds is 3. The molecule has 108 valence electrons. The van der Waals surface area contributed by atoms with Crippen LogP contribution >= 0.6 is 0 Å². The maximum Gasteiger partial charge on any atom is 0.337 e. The average Bonchev–Trinajstić information content (AvgIpc) is 2.43. The summed E-state index contributed by atoms with van der Waals surface area (Å²) in [5.41, 5.74) is 5.86. The molecule has 0 bridgehead atoms. The summed E-state index contributed by atoms with van der Waals surface area (Å²) in [6.07, 6.45) is 0. The molecule has 0 saturated carbocycles. The molecule has 0 radical (unpaired) electrons. The molecule has 0 atom stereocenters. The maximum absolute atomic E-state index is 13.9. The molecule has 21 heavy (non-hydrogen) atoms. The van der Waals surface area contributed by atoms with Crippen LogP contribution < -0.4 is 11.1 Å². The highest BCUT2D eigenvalue weighted by molar-refractivity contribution is 6.08. The molecular formula is C15H13FN2O3. The molecule has 0 saturated heterocycles. The van der Waals surface area contributed by atoms with Crippen LogP contribution in [-0.4, -0.2) is 17.0 Å². The lowest BCUT2D eigenvalue weighted by Gasteiger charge is -2.10. The largest absolute Gasteiger partial charge is 0.478 e. The Hall–Kier alpha value is -2.89. The number of halogens is 1. The van der Waals surface area contributed by atoms with Crippen molar-refractivity contribution >= 4 is 23.3 Å². The third-order valence-electron chi connectivity index (χ3n) is 2.96. The topological polar surface area (TPSA) is 92.4 Å². The highest BCUT2D eigenvalue weighted by Gasteiger charge is 2.17. The fourth-order valence-corrected chi connectivity index (χ4v) is 1.86. The van der Waals surface area contributed by atoms with E-state index in [1.807, 2.05) is 0 Å². The van der Waals surface area contributed by atoms with Gasteiger partial charge < -0.3 is 16.2 Å². The van der Waals surface area contributed by atoms with Gasteiger partial charge in [-0.1, -0.05) is 12.1 Å². The monoisotopic (exact) mass is 288 g/mol. The molecule has 2 aromatic rings. The van der Waals surface area contributed by atoms with Crippen molar-refractivity contribution in [1.29, 1.82) is 0 Å². The van der Waals surface area contributed by atoms with Crippen molar-refractivity contribution in [2.45, 2.75) is 6.92 Å². The molecule has 1 amide bonds. The normalized spacial score (nSPS) is 10.2. The van der Waals surface area contributed by atoms with E-state index in [9.17, 15) is 14.0 Å². The maximum atomic E-state index is 13.9. The quantitative estimate of drug-likeness (QED) is 0.757. The van der Waals surface area contributed by atoms with Gasteiger partial charge in [0, 0.05) is 5.69 Å². The Morgan fingerprint density at radius 3 is 2.57 bits per heavy atom. The molecule has 2 rings (SSSR count). The fraction of sp³-hybridized carbons (Fsp3) is 0.0667. The molecule has 0 aliphatic rings. The van der Waals surface area contributed by atoms with Gasteiger partial charge in [-0.15, -0.1) is 0 Å². The predicted octanol–water partition coefficient (Wildman–Crippen LogP) is 2.67. The number of hydrogen-bond donors (Lipinski definition) is 3. The van der Waals surface area contributed by atoms with Crippen molar-refractivity contribution in [3.05, 3.63) is 58.9 Å². The van der Waals surface area contributed by atoms with Crippen molar-refractivity contribution in [2.75, 3.05) is 11.1 Å². The van der Waals surface area contributed by atoms with Gasteiger partial charge in [-0.3, -0.25) is 4.79 Å². The van der Waals surface area contributed by atoms with Gasteiger partial charge in [-0.05, 0) is 36.8 Å². The average molecular weight is 288 g/mol. The molecule has 0 unspecified atom stereocenters. The number of carbonyl (C=O) groups is 2. The summed E-state index contributed by atoms with van der Waals surface area (Å²) < 4.78 is 13.9. The lowest BCUT2D eigenvalue weighted by Crippen LogP contribution is -2.16. The van der Waals surface area contributed by atoms with Gasteiger partial charge in [0.1, 0.15) is 5.82 Å². The highest BCUT2D eigenvalue weighted by Crippen LogP contribution is 2.21. The smallest absolute Gasteiger partial charge is 0.337 e. The molecule has 0 fully saturated rings. The summed E-state index contributed by atoms with van der Waals surface area (Å²) >= 11 is 0. The minimum atomic E-state index is -1.23. The summed E-state index contributed by atoms with van der Waals surface area (Å²) in [6.45, 7) is 1.54. The van der Waals surface area contributed by atoms with Crippen molar-refractivity contribution in [2.24, 2.45) is 0 Å². The second kappa shape index (κ2) is 5.62. The fourth-order valence-electron chi connectivity index (χ4n) is 1.86. The van der Waals surface area contributed by atoms with Crippen LogP contribution in [0.3, 0.4) is 0 Å². The Morgan fingerprint density at radius 1 is 1.19 bits per heavy atom. The second-order valence-corrected chi connectivity index (χ2v) is 4.50. The van der Waals surface area contributed by atoms with Gasteiger partial charge in [-0.2, -0.15) is 0 Å². The summed E-state index contributed by atoms with van der Waals surface area (Å²) in [4.78, 5) is 23.2. The standard InChI is InChI=1S/C15H13FN2O3/c1-8-3-2-4-10(13(8)16)14(19)18-12-6-5-9(17)7-11(12)15(20)21/h2-7H,17H2,1H3,(H,18,19)(H,20,21). The first kappa shape index (κ1) is 14.5. The van der Waals surface area contributed by atoms with Crippen molar-refractivity contribution in [1.82, 2.24) is 0 Å². The minimum Gasteiger partial charge on any atom is -0.478 e. The SMILES string of the molecule is Cc1cccc(C(=O)Nc2ccc(N)cc2C(=O)O)c1F. The first-order valence-electron chi connectivity index (χ1n) is 6.09. The third-order valence-corrected chi connectivity index (χ3v) is 2.96. The van der Waals surface area contributed by atoms with Gasteiger partial charge in [0.2, 0.25) is 0 Å². The van der Waals surface area contributed by atoms with Gasteiger partial charge in [0.15, 0.2) is 0 Å². The van der Waals surface area contributed by atoms with Crippen LogP contribution in [-0.2, 0) is 0 Å². The van der Waals surface area contributed by atoms with Gasteiger partial charge in [-0.25, -0.2) is 9.18 Å². The number of carboxylic acid groups (broad SMARTS) is 1. The van der Waals surface area contributed by atoms with Crippen LogP contribution in [0.5, 0.6) is 0 Å². The van der Waals surface area contributed by atoms with Crippen LogP contribution in [0, 0.1) is 12.7 Å². The summed E-state index contributed by atoms with van der Waals surface area (Å²) in [6, 6.07) is 8.46. The molecule has 4 N–H and O–H groups in total. The van der Waals surface area contributed by atoms with Crippen molar-refractivity contribution < 1.29 is 19.1 Å². The molecule has 0 aliphatic carbocycles. The van der Waals surface area contributed by atoms with Crippen molar-refractivity contribution in [3.8, 4) is 0 Å². The van der Waals surface area contributed by atoms with Crippen LogP contribution in [0.2, 0.25) is 0 Å². The number of hydrogen-bond acceptors (Lipinski definition) is 3. The Bertz CT molecular complexity index is 729. The van der Waals surface area contributed by atoms with E-state index in [4.69, 9.17) is 10.8 Å². The number of carboxylic acids is 1. The highest BCUT2D eigenvalue weighted by atomic mass is 19.1. The Balaban J connectivity index is 2.36. The number of carbonyl (C=O) groups excluding carboxylic acids is 1. The first-order valence-corrected chi connectivity index (χ1v) is 6.09. The molecule has 0 aromatic heterocycles. The van der Waals surface area contributed by atoms with E-state index >= 15 is 0 Å². The van der Waals surface area contributed by atoms with E-state index in [0.717, 1.165) is 0 Å². The molecule has 0 spiro atoms. The zero-order valence-electron chi connectivity index (χ0n) is 11.2. The van der Waals surface area contributed by atoms with E-state index < -0.39 is 17.7 Å². The summed E-state index contributed by atoms with van der Waals surface area (Å²) in [7, 11) is 0. The molecule has 6 heteroatoms. The van der Waals surface area contributed by atoms with Crippen LogP contribution in [0.25, 0.3) is 0 Å². The lowest BCUT2D eigenvalue weighted by molar-refractivity contribution is 0.0698. The number of nitrogens with one attached hydrogen (secondary N) is 1. The number of amides is 1. The molecule has 2 aromatic carbocycles. The number of aryl methyl sites for hydroxylation is 1. The molecular weight excluding hydrogens is 275 g/mol. The lowest BCUT2D eigenvalue weighted by atomic mass is 10.1. The Kier molecular flexibility index (Phi) is 3.89. The predicted molar refractivity (Wildman–Crippen MR) is 76.9 cm³/mol. The van der Waals surface area contributed by atoms with E-state index in [1.54, 1.807) is 6.07 Å². The van der Waals surface area contributed by atoms with E-state index in [2.05, 4.69) is 5.32 Å². The summed E-state index contributed by atoms with van der Waals surface area (Å²) in [5.74, 6) is -2.59. The molecule has 0 aliphatic heterocycles.